The number of benzene rings is 1. The maximum Gasteiger partial charge on any atom is 0.290 e. The number of fused-ring (bicyclic) bond motifs is 1. The summed E-state index contributed by atoms with van der Waals surface area (Å²) in [5, 5.41) is 0. The van der Waals surface area contributed by atoms with E-state index in [1.807, 2.05) is 18.3 Å². The van der Waals surface area contributed by atoms with Crippen LogP contribution in [0.5, 0.6) is 0 Å². The number of amides is 2. The SMILES string of the molecule is O=C(c1ccco1)N(CC(=O)N1CCn2cccc2C1c1ccc(F)cc1)C1CC1. The highest BCUT2D eigenvalue weighted by Crippen LogP contribution is 2.34. The van der Waals surface area contributed by atoms with Gasteiger partial charge in [-0.05, 0) is 54.8 Å². The molecule has 1 atom stereocenters. The van der Waals surface area contributed by atoms with Gasteiger partial charge in [-0.3, -0.25) is 9.59 Å². The van der Waals surface area contributed by atoms with Crippen molar-refractivity contribution in [1.29, 1.82) is 0 Å². The van der Waals surface area contributed by atoms with Gasteiger partial charge in [0.25, 0.3) is 5.91 Å². The summed E-state index contributed by atoms with van der Waals surface area (Å²) in [7, 11) is 0. The minimum absolute atomic E-state index is 0.00258. The number of hydrogen-bond acceptors (Lipinski definition) is 3. The van der Waals surface area contributed by atoms with Gasteiger partial charge in [-0.25, -0.2) is 4.39 Å². The lowest BCUT2D eigenvalue weighted by atomic mass is 9.99. The zero-order chi connectivity index (χ0) is 20.7. The first-order valence-corrected chi connectivity index (χ1v) is 10.2. The first kappa shape index (κ1) is 18.7. The number of nitrogens with zero attached hydrogens (tertiary/aromatic N) is 3. The first-order valence-electron chi connectivity index (χ1n) is 10.2. The molecule has 0 radical (unpaired) electrons. The predicted molar refractivity (Wildman–Crippen MR) is 107 cm³/mol. The minimum Gasteiger partial charge on any atom is -0.459 e. The van der Waals surface area contributed by atoms with E-state index in [1.165, 1.54) is 18.4 Å². The molecule has 1 saturated carbocycles. The van der Waals surface area contributed by atoms with Gasteiger partial charge < -0.3 is 18.8 Å². The Balaban J connectivity index is 1.43. The number of hydrogen-bond donors (Lipinski definition) is 0. The van der Waals surface area contributed by atoms with Crippen LogP contribution in [0.15, 0.2) is 65.4 Å². The molecular weight excluding hydrogens is 385 g/mol. The fourth-order valence-corrected chi connectivity index (χ4v) is 4.18. The molecule has 30 heavy (non-hydrogen) atoms. The molecule has 7 heteroatoms. The molecule has 0 bridgehead atoms. The van der Waals surface area contributed by atoms with Crippen molar-refractivity contribution in [3.05, 3.63) is 83.8 Å². The smallest absolute Gasteiger partial charge is 0.290 e. The molecule has 3 heterocycles. The summed E-state index contributed by atoms with van der Waals surface area (Å²) in [5.74, 6) is -0.442. The van der Waals surface area contributed by atoms with Crippen molar-refractivity contribution in [1.82, 2.24) is 14.4 Å². The highest BCUT2D eigenvalue weighted by Gasteiger charge is 2.38. The van der Waals surface area contributed by atoms with Crippen molar-refractivity contribution in [2.24, 2.45) is 0 Å². The molecule has 5 rings (SSSR count). The van der Waals surface area contributed by atoms with Crippen LogP contribution < -0.4 is 0 Å². The Labute approximate surface area is 173 Å². The summed E-state index contributed by atoms with van der Waals surface area (Å²) in [6, 6.07) is 13.3. The number of aromatic nitrogens is 1. The normalized spacial score (nSPS) is 18.2. The van der Waals surface area contributed by atoms with Crippen LogP contribution in [-0.2, 0) is 11.3 Å². The molecule has 1 unspecified atom stereocenters. The highest BCUT2D eigenvalue weighted by molar-refractivity contribution is 5.94. The highest BCUT2D eigenvalue weighted by atomic mass is 19.1. The van der Waals surface area contributed by atoms with Crippen molar-refractivity contribution in [3.63, 3.8) is 0 Å². The van der Waals surface area contributed by atoms with Gasteiger partial charge in [0.2, 0.25) is 5.91 Å². The molecule has 0 saturated heterocycles. The molecule has 3 aromatic rings. The van der Waals surface area contributed by atoms with Crippen molar-refractivity contribution < 1.29 is 18.4 Å². The average Bonchev–Trinajstić information content (AvgIpc) is 3.24. The molecule has 2 amide bonds. The third-order valence-corrected chi connectivity index (χ3v) is 5.83. The van der Waals surface area contributed by atoms with E-state index < -0.39 is 0 Å². The number of rotatable bonds is 5. The van der Waals surface area contributed by atoms with E-state index in [0.717, 1.165) is 24.1 Å². The van der Waals surface area contributed by atoms with Gasteiger partial charge in [-0.1, -0.05) is 12.1 Å². The van der Waals surface area contributed by atoms with Crippen LogP contribution in [0.25, 0.3) is 0 Å². The molecule has 0 N–H and O–H groups in total. The molecule has 1 aromatic carbocycles. The zero-order valence-electron chi connectivity index (χ0n) is 16.4. The number of halogens is 1. The van der Waals surface area contributed by atoms with Gasteiger partial charge in [0, 0.05) is 31.0 Å². The molecule has 2 aromatic heterocycles. The monoisotopic (exact) mass is 407 g/mol. The second-order valence-electron chi connectivity index (χ2n) is 7.81. The molecule has 0 spiro atoms. The van der Waals surface area contributed by atoms with E-state index in [0.29, 0.717) is 13.1 Å². The maximum atomic E-state index is 13.5. The Morgan fingerprint density at radius 1 is 1.07 bits per heavy atom. The lowest BCUT2D eigenvalue weighted by Gasteiger charge is -2.38. The summed E-state index contributed by atoms with van der Waals surface area (Å²) in [6.07, 6.45) is 5.24. The first-order chi connectivity index (χ1) is 14.6. The Morgan fingerprint density at radius 3 is 2.57 bits per heavy atom. The van der Waals surface area contributed by atoms with E-state index in [1.54, 1.807) is 34.1 Å². The summed E-state index contributed by atoms with van der Waals surface area (Å²) >= 11 is 0. The molecular formula is C23H22FN3O3. The van der Waals surface area contributed by atoms with E-state index in [-0.39, 0.29) is 42.0 Å². The Hall–Kier alpha value is -3.35. The molecule has 1 fully saturated rings. The topological polar surface area (TPSA) is 58.7 Å². The Bertz CT molecular complexity index is 1050. The predicted octanol–water partition coefficient (Wildman–Crippen LogP) is 3.46. The number of carbonyl (C=O) groups is 2. The Kier molecular flexibility index (Phi) is 4.65. The van der Waals surface area contributed by atoms with E-state index in [4.69, 9.17) is 4.42 Å². The van der Waals surface area contributed by atoms with Gasteiger partial charge in [0.05, 0.1) is 12.3 Å². The zero-order valence-corrected chi connectivity index (χ0v) is 16.4. The van der Waals surface area contributed by atoms with Crippen molar-refractivity contribution >= 4 is 11.8 Å². The van der Waals surface area contributed by atoms with Gasteiger partial charge in [0.1, 0.15) is 12.4 Å². The van der Waals surface area contributed by atoms with Gasteiger partial charge in [-0.15, -0.1) is 0 Å². The third-order valence-electron chi connectivity index (χ3n) is 5.83. The Morgan fingerprint density at radius 2 is 1.87 bits per heavy atom. The van der Waals surface area contributed by atoms with Crippen LogP contribution in [0.4, 0.5) is 4.39 Å². The largest absolute Gasteiger partial charge is 0.459 e. The van der Waals surface area contributed by atoms with E-state index >= 15 is 0 Å². The van der Waals surface area contributed by atoms with Crippen molar-refractivity contribution in [2.45, 2.75) is 31.5 Å². The number of carbonyl (C=O) groups excluding carboxylic acids is 2. The standard InChI is InChI=1S/C23H22FN3O3/c24-17-7-5-16(6-8-17)22-19-3-1-11-25(19)12-13-26(22)21(28)15-27(18-9-10-18)23(29)20-4-2-14-30-20/h1-8,11,14,18,22H,9-10,12-13,15H2. The fraction of sp³-hybridized carbons (Fsp3) is 0.304. The van der Waals surface area contributed by atoms with Crippen LogP contribution >= 0.6 is 0 Å². The van der Waals surface area contributed by atoms with Gasteiger partial charge >= 0.3 is 0 Å². The van der Waals surface area contributed by atoms with Gasteiger partial charge in [-0.2, -0.15) is 0 Å². The second kappa shape index (κ2) is 7.48. The van der Waals surface area contributed by atoms with Crippen LogP contribution in [0.3, 0.4) is 0 Å². The third kappa shape index (κ3) is 3.40. The number of furan rings is 1. The summed E-state index contributed by atoms with van der Waals surface area (Å²) in [5.41, 5.74) is 1.83. The van der Waals surface area contributed by atoms with E-state index in [2.05, 4.69) is 4.57 Å². The molecule has 2 aliphatic rings. The van der Waals surface area contributed by atoms with Crippen LogP contribution in [0.2, 0.25) is 0 Å². The van der Waals surface area contributed by atoms with Crippen molar-refractivity contribution in [2.75, 3.05) is 13.1 Å². The van der Waals surface area contributed by atoms with Crippen LogP contribution in [0, 0.1) is 5.82 Å². The minimum atomic E-state index is -0.318. The lowest BCUT2D eigenvalue weighted by Crippen LogP contribution is -2.48. The molecule has 1 aliphatic carbocycles. The summed E-state index contributed by atoms with van der Waals surface area (Å²) in [4.78, 5) is 29.7. The van der Waals surface area contributed by atoms with Crippen LogP contribution in [0.1, 0.15) is 40.7 Å². The summed E-state index contributed by atoms with van der Waals surface area (Å²) in [6.45, 7) is 1.21. The van der Waals surface area contributed by atoms with E-state index in [9.17, 15) is 14.0 Å². The molecule has 6 nitrogen and oxygen atoms in total. The average molecular weight is 407 g/mol. The van der Waals surface area contributed by atoms with Crippen LogP contribution in [-0.4, -0.2) is 45.3 Å². The molecule has 154 valence electrons. The van der Waals surface area contributed by atoms with Crippen molar-refractivity contribution in [3.8, 4) is 0 Å². The quantitative estimate of drug-likeness (QED) is 0.651. The fourth-order valence-electron chi connectivity index (χ4n) is 4.18. The second-order valence-corrected chi connectivity index (χ2v) is 7.81. The lowest BCUT2D eigenvalue weighted by molar-refractivity contribution is -0.134. The summed E-state index contributed by atoms with van der Waals surface area (Å²) < 4.78 is 20.9. The van der Waals surface area contributed by atoms with Gasteiger partial charge in [0.15, 0.2) is 5.76 Å². The maximum absolute atomic E-state index is 13.5. The molecule has 1 aliphatic heterocycles.